The predicted molar refractivity (Wildman–Crippen MR) is 77.5 cm³/mol. The first-order valence-corrected chi connectivity index (χ1v) is 6.74. The van der Waals surface area contributed by atoms with Crippen molar-refractivity contribution in [2.24, 2.45) is 0 Å². The van der Waals surface area contributed by atoms with Crippen molar-refractivity contribution in [3.8, 4) is 0 Å². The summed E-state index contributed by atoms with van der Waals surface area (Å²) >= 11 is 0. The molecule has 6 heteroatoms. The summed E-state index contributed by atoms with van der Waals surface area (Å²) in [5, 5.41) is 13.7. The second-order valence-electron chi connectivity index (χ2n) is 4.40. The summed E-state index contributed by atoms with van der Waals surface area (Å²) in [4.78, 5) is 4.24. The number of nitrogens with one attached hydrogen (secondary N) is 2. The van der Waals surface area contributed by atoms with Gasteiger partial charge in [-0.15, -0.1) is 5.10 Å². The van der Waals surface area contributed by atoms with Gasteiger partial charge in [-0.05, 0) is 18.6 Å². The van der Waals surface area contributed by atoms with E-state index >= 15 is 0 Å². The molecule has 0 aliphatic rings. The lowest BCUT2D eigenvalue weighted by Gasteiger charge is -2.08. The molecule has 2 N–H and O–H groups in total. The number of aromatic nitrogens is 3. The predicted octanol–water partition coefficient (Wildman–Crippen LogP) is 3.36. The van der Waals surface area contributed by atoms with Gasteiger partial charge in [0.15, 0.2) is 5.82 Å². The minimum absolute atomic E-state index is 0.330. The van der Waals surface area contributed by atoms with E-state index in [2.05, 4.69) is 32.7 Å². The van der Waals surface area contributed by atoms with Crippen LogP contribution < -0.4 is 10.6 Å². The van der Waals surface area contributed by atoms with Crippen molar-refractivity contribution in [3.63, 3.8) is 0 Å². The Bertz CT molecular complexity index is 547. The van der Waals surface area contributed by atoms with Gasteiger partial charge in [-0.2, -0.15) is 10.1 Å². The molecule has 0 amide bonds. The molecule has 1 aromatic carbocycles. The Morgan fingerprint density at radius 2 is 2.05 bits per heavy atom. The number of anilines is 3. The van der Waals surface area contributed by atoms with Crippen molar-refractivity contribution < 1.29 is 4.39 Å². The van der Waals surface area contributed by atoms with Gasteiger partial charge in [0, 0.05) is 6.54 Å². The van der Waals surface area contributed by atoms with E-state index in [-0.39, 0.29) is 5.82 Å². The molecule has 0 aliphatic carbocycles. The third-order valence-corrected chi connectivity index (χ3v) is 2.76. The molecule has 0 unspecified atom stereocenters. The minimum atomic E-state index is -0.330. The average Bonchev–Trinajstić information content (AvgIpc) is 2.47. The number of halogens is 1. The van der Waals surface area contributed by atoms with Crippen molar-refractivity contribution in [1.29, 1.82) is 0 Å². The molecule has 20 heavy (non-hydrogen) atoms. The second kappa shape index (κ2) is 7.37. The van der Waals surface area contributed by atoms with E-state index in [4.69, 9.17) is 0 Å². The summed E-state index contributed by atoms with van der Waals surface area (Å²) in [7, 11) is 0. The Labute approximate surface area is 117 Å². The van der Waals surface area contributed by atoms with E-state index in [9.17, 15) is 4.39 Å². The molecule has 2 rings (SSSR count). The Hall–Kier alpha value is -2.24. The highest BCUT2D eigenvalue weighted by molar-refractivity contribution is 5.56. The van der Waals surface area contributed by atoms with Gasteiger partial charge in [0.25, 0.3) is 0 Å². The molecular formula is C14H18FN5. The van der Waals surface area contributed by atoms with Gasteiger partial charge in [0.05, 0.1) is 11.9 Å². The molecule has 106 valence electrons. The molecule has 0 bridgehead atoms. The minimum Gasteiger partial charge on any atom is -0.353 e. The van der Waals surface area contributed by atoms with Crippen LogP contribution in [0.1, 0.15) is 26.2 Å². The summed E-state index contributed by atoms with van der Waals surface area (Å²) in [6.45, 7) is 2.95. The lowest BCUT2D eigenvalue weighted by Crippen LogP contribution is -2.07. The molecule has 1 heterocycles. The van der Waals surface area contributed by atoms with Crippen molar-refractivity contribution >= 4 is 17.5 Å². The number of para-hydroxylation sites is 1. The maximum absolute atomic E-state index is 13.5. The summed E-state index contributed by atoms with van der Waals surface area (Å²) < 4.78 is 13.5. The van der Waals surface area contributed by atoms with Crippen LogP contribution in [0, 0.1) is 5.82 Å². The zero-order chi connectivity index (χ0) is 14.2. The van der Waals surface area contributed by atoms with Crippen molar-refractivity contribution in [2.75, 3.05) is 17.2 Å². The molecule has 0 aliphatic heterocycles. The number of benzene rings is 1. The fourth-order valence-electron chi connectivity index (χ4n) is 1.71. The molecule has 0 fully saturated rings. The monoisotopic (exact) mass is 275 g/mol. The van der Waals surface area contributed by atoms with Crippen molar-refractivity contribution in [1.82, 2.24) is 15.2 Å². The van der Waals surface area contributed by atoms with E-state index < -0.39 is 0 Å². The molecule has 0 spiro atoms. The average molecular weight is 275 g/mol. The first kappa shape index (κ1) is 14.2. The number of hydrogen-bond donors (Lipinski definition) is 2. The number of nitrogens with zero attached hydrogens (tertiary/aromatic N) is 3. The van der Waals surface area contributed by atoms with Crippen LogP contribution in [0.2, 0.25) is 0 Å². The number of hydrogen-bond acceptors (Lipinski definition) is 5. The molecular weight excluding hydrogens is 257 g/mol. The molecule has 0 saturated carbocycles. The van der Waals surface area contributed by atoms with Gasteiger partial charge < -0.3 is 10.6 Å². The van der Waals surface area contributed by atoms with E-state index in [1.54, 1.807) is 18.2 Å². The Morgan fingerprint density at radius 1 is 1.20 bits per heavy atom. The lowest BCUT2D eigenvalue weighted by atomic mass is 10.2. The smallest absolute Gasteiger partial charge is 0.244 e. The zero-order valence-electron chi connectivity index (χ0n) is 11.4. The van der Waals surface area contributed by atoms with E-state index in [1.807, 2.05) is 0 Å². The molecule has 2 aromatic rings. The summed E-state index contributed by atoms with van der Waals surface area (Å²) in [6.07, 6.45) is 4.84. The van der Waals surface area contributed by atoms with Gasteiger partial charge in [0.2, 0.25) is 5.95 Å². The van der Waals surface area contributed by atoms with Crippen LogP contribution in [0.4, 0.5) is 21.8 Å². The molecule has 1 aromatic heterocycles. The lowest BCUT2D eigenvalue weighted by molar-refractivity contribution is 0.631. The Morgan fingerprint density at radius 3 is 2.85 bits per heavy atom. The highest BCUT2D eigenvalue weighted by Gasteiger charge is 2.04. The van der Waals surface area contributed by atoms with Crippen LogP contribution in [0.5, 0.6) is 0 Å². The van der Waals surface area contributed by atoms with Gasteiger partial charge in [0.1, 0.15) is 5.82 Å². The van der Waals surface area contributed by atoms with Gasteiger partial charge in [-0.3, -0.25) is 0 Å². The van der Waals surface area contributed by atoms with Crippen LogP contribution in [0.25, 0.3) is 0 Å². The Kier molecular flexibility index (Phi) is 5.23. The fourth-order valence-corrected chi connectivity index (χ4v) is 1.71. The number of unbranched alkanes of at least 4 members (excludes halogenated alkanes) is 2. The largest absolute Gasteiger partial charge is 0.353 e. The Balaban J connectivity index is 1.97. The summed E-state index contributed by atoms with van der Waals surface area (Å²) in [5.74, 6) is 0.578. The van der Waals surface area contributed by atoms with Gasteiger partial charge >= 0.3 is 0 Å². The summed E-state index contributed by atoms with van der Waals surface area (Å²) in [6, 6.07) is 6.43. The third-order valence-electron chi connectivity index (χ3n) is 2.76. The molecule has 0 saturated heterocycles. The van der Waals surface area contributed by atoms with Crippen molar-refractivity contribution in [3.05, 3.63) is 36.3 Å². The maximum Gasteiger partial charge on any atom is 0.244 e. The van der Waals surface area contributed by atoms with Crippen LogP contribution in [-0.2, 0) is 0 Å². The van der Waals surface area contributed by atoms with Crippen LogP contribution in [0.3, 0.4) is 0 Å². The zero-order valence-corrected chi connectivity index (χ0v) is 11.4. The van der Waals surface area contributed by atoms with Crippen LogP contribution >= 0.6 is 0 Å². The standard InChI is InChI=1S/C14H18FN5/c1-2-3-6-9-16-14-19-13(10-17-20-14)18-12-8-5-4-7-11(12)15/h4-5,7-8,10H,2-3,6,9H2,1H3,(H2,16,18,19,20). The van der Waals surface area contributed by atoms with Gasteiger partial charge in [-0.25, -0.2) is 4.39 Å². The molecule has 0 atom stereocenters. The molecule has 0 radical (unpaired) electrons. The quantitative estimate of drug-likeness (QED) is 0.759. The number of rotatable bonds is 7. The SMILES string of the molecule is CCCCCNc1nncc(Nc2ccccc2F)n1. The van der Waals surface area contributed by atoms with Crippen LogP contribution in [0.15, 0.2) is 30.5 Å². The topological polar surface area (TPSA) is 62.7 Å². The molecule has 5 nitrogen and oxygen atoms in total. The fraction of sp³-hybridized carbons (Fsp3) is 0.357. The maximum atomic E-state index is 13.5. The second-order valence-corrected chi connectivity index (χ2v) is 4.40. The van der Waals surface area contributed by atoms with Gasteiger partial charge in [-0.1, -0.05) is 31.9 Å². The highest BCUT2D eigenvalue weighted by atomic mass is 19.1. The van der Waals surface area contributed by atoms with E-state index in [1.165, 1.54) is 12.3 Å². The summed E-state index contributed by atoms with van der Waals surface area (Å²) in [5.41, 5.74) is 0.366. The normalized spacial score (nSPS) is 10.3. The van der Waals surface area contributed by atoms with E-state index in [0.717, 1.165) is 25.8 Å². The van der Waals surface area contributed by atoms with Crippen LogP contribution in [-0.4, -0.2) is 21.7 Å². The third kappa shape index (κ3) is 4.15. The first-order valence-electron chi connectivity index (χ1n) is 6.74. The highest BCUT2D eigenvalue weighted by Crippen LogP contribution is 2.17. The van der Waals surface area contributed by atoms with Crippen molar-refractivity contribution in [2.45, 2.75) is 26.2 Å². The first-order chi connectivity index (χ1) is 9.79. The van der Waals surface area contributed by atoms with E-state index in [0.29, 0.717) is 17.5 Å².